The van der Waals surface area contributed by atoms with E-state index < -0.39 is 11.4 Å². The number of benzene rings is 2. The van der Waals surface area contributed by atoms with Gasteiger partial charge in [-0.15, -0.1) is 0 Å². The average molecular weight is 434 g/mol. The fourth-order valence-corrected chi connectivity index (χ4v) is 2.64. The number of rotatable bonds is 5. The second kappa shape index (κ2) is 8.91. The van der Waals surface area contributed by atoms with Crippen molar-refractivity contribution in [1.82, 2.24) is 9.72 Å². The summed E-state index contributed by atoms with van der Waals surface area (Å²) in [7, 11) is 0. The van der Waals surface area contributed by atoms with Crippen molar-refractivity contribution in [3.8, 4) is 5.75 Å². The SMILES string of the molecule is O=c1[n-]c(=O)n(Cc2ccc(OCc3cc(Br)ccc3Cl)cc2)o1.[Na+]. The molecule has 0 unspecified atom stereocenters. The molecule has 0 saturated carbocycles. The van der Waals surface area contributed by atoms with E-state index in [-0.39, 0.29) is 36.1 Å². The standard InChI is InChI=1S/C16H12BrClN2O4.Na/c17-12-3-6-14(18)11(7-12)9-23-13-4-1-10(2-5-13)8-20-15(21)19-16(22)24-20;/h1-7H,8-9H2,(H,19,21,22);/q;+1/p-1. The summed E-state index contributed by atoms with van der Waals surface area (Å²) < 4.78 is 12.2. The molecule has 0 aliphatic rings. The Morgan fingerprint density at radius 3 is 2.52 bits per heavy atom. The van der Waals surface area contributed by atoms with Crippen molar-refractivity contribution in [3.63, 3.8) is 0 Å². The van der Waals surface area contributed by atoms with Gasteiger partial charge in [0.15, 0.2) is 5.69 Å². The van der Waals surface area contributed by atoms with Gasteiger partial charge >= 0.3 is 35.3 Å². The fourth-order valence-electron chi connectivity index (χ4n) is 2.06. The first-order chi connectivity index (χ1) is 11.5. The van der Waals surface area contributed by atoms with Crippen LogP contribution in [0.4, 0.5) is 0 Å². The third-order valence-electron chi connectivity index (χ3n) is 3.24. The van der Waals surface area contributed by atoms with Gasteiger partial charge in [-0.2, -0.15) is 0 Å². The van der Waals surface area contributed by atoms with Crippen LogP contribution in [0, 0.1) is 0 Å². The second-order valence-electron chi connectivity index (χ2n) is 4.96. The van der Waals surface area contributed by atoms with Crippen LogP contribution in [0.15, 0.2) is 61.0 Å². The fraction of sp³-hybridized carbons (Fsp3) is 0.125. The first-order valence-corrected chi connectivity index (χ1v) is 8.09. The first-order valence-electron chi connectivity index (χ1n) is 6.92. The summed E-state index contributed by atoms with van der Waals surface area (Å²) in [6, 6.07) is 12.6. The molecule has 124 valence electrons. The maximum atomic E-state index is 11.3. The van der Waals surface area contributed by atoms with E-state index in [4.69, 9.17) is 16.3 Å². The van der Waals surface area contributed by atoms with Crippen LogP contribution in [0.2, 0.25) is 5.02 Å². The van der Waals surface area contributed by atoms with Gasteiger partial charge in [0.2, 0.25) is 0 Å². The van der Waals surface area contributed by atoms with Gasteiger partial charge in [-0.25, -0.2) is 4.79 Å². The van der Waals surface area contributed by atoms with Crippen molar-refractivity contribution in [1.29, 1.82) is 0 Å². The molecule has 25 heavy (non-hydrogen) atoms. The molecule has 0 saturated heterocycles. The van der Waals surface area contributed by atoms with Gasteiger partial charge in [0, 0.05) is 21.6 Å². The molecule has 0 spiro atoms. The van der Waals surface area contributed by atoms with E-state index in [9.17, 15) is 9.59 Å². The predicted octanol–water partition coefficient (Wildman–Crippen LogP) is -0.194. The molecule has 0 radical (unpaired) electrons. The molecule has 3 rings (SSSR count). The maximum absolute atomic E-state index is 11.3. The zero-order valence-electron chi connectivity index (χ0n) is 13.2. The second-order valence-corrected chi connectivity index (χ2v) is 6.28. The Morgan fingerprint density at radius 1 is 1.16 bits per heavy atom. The van der Waals surface area contributed by atoms with E-state index in [0.717, 1.165) is 20.3 Å². The molecule has 0 fully saturated rings. The Morgan fingerprint density at radius 2 is 1.88 bits per heavy atom. The minimum absolute atomic E-state index is 0. The molecule has 0 aliphatic heterocycles. The van der Waals surface area contributed by atoms with Crippen LogP contribution in [-0.4, -0.2) is 4.74 Å². The first kappa shape index (κ1) is 20.1. The van der Waals surface area contributed by atoms with E-state index in [1.807, 2.05) is 12.1 Å². The molecular weight excluding hydrogens is 423 g/mol. The summed E-state index contributed by atoms with van der Waals surface area (Å²) in [4.78, 5) is 25.4. The Hall–Kier alpha value is -1.25. The van der Waals surface area contributed by atoms with Gasteiger partial charge in [0.25, 0.3) is 0 Å². The van der Waals surface area contributed by atoms with E-state index in [0.29, 0.717) is 17.4 Å². The summed E-state index contributed by atoms with van der Waals surface area (Å²) in [5.41, 5.74) is 0.942. The van der Waals surface area contributed by atoms with Crippen LogP contribution >= 0.6 is 27.5 Å². The summed E-state index contributed by atoms with van der Waals surface area (Å²) >= 11 is 9.51. The number of aromatic nitrogens is 2. The predicted molar refractivity (Wildman–Crippen MR) is 91.6 cm³/mol. The van der Waals surface area contributed by atoms with Crippen molar-refractivity contribution in [3.05, 3.63) is 84.1 Å². The summed E-state index contributed by atoms with van der Waals surface area (Å²) in [5, 5.41) is 0.632. The third-order valence-corrected chi connectivity index (χ3v) is 4.10. The quantitative estimate of drug-likeness (QED) is 0.521. The Labute approximate surface area is 178 Å². The van der Waals surface area contributed by atoms with Gasteiger partial charge in [0.1, 0.15) is 12.4 Å². The number of nitrogens with zero attached hydrogens (tertiary/aromatic N) is 2. The van der Waals surface area contributed by atoms with E-state index in [2.05, 4.69) is 25.4 Å². The van der Waals surface area contributed by atoms with E-state index in [1.54, 1.807) is 30.3 Å². The zero-order chi connectivity index (χ0) is 17.1. The van der Waals surface area contributed by atoms with Crippen LogP contribution in [0.5, 0.6) is 5.75 Å². The topological polar surface area (TPSA) is 75.5 Å². The smallest absolute Gasteiger partial charge is 0.489 e. The zero-order valence-corrected chi connectivity index (χ0v) is 17.6. The summed E-state index contributed by atoms with van der Waals surface area (Å²) in [6.45, 7) is 0.463. The number of halogens is 2. The van der Waals surface area contributed by atoms with Crippen molar-refractivity contribution in [2.24, 2.45) is 0 Å². The van der Waals surface area contributed by atoms with E-state index >= 15 is 0 Å². The van der Waals surface area contributed by atoms with Crippen molar-refractivity contribution >= 4 is 27.5 Å². The molecule has 0 bridgehead atoms. The molecule has 1 heterocycles. The Balaban J connectivity index is 0.00000225. The molecule has 0 N–H and O–H groups in total. The average Bonchev–Trinajstić information content (AvgIpc) is 2.87. The van der Waals surface area contributed by atoms with Crippen LogP contribution in [0.1, 0.15) is 11.1 Å². The van der Waals surface area contributed by atoms with E-state index in [1.165, 1.54) is 0 Å². The van der Waals surface area contributed by atoms with Crippen LogP contribution in [0.3, 0.4) is 0 Å². The van der Waals surface area contributed by atoms with Gasteiger partial charge < -0.3 is 14.2 Å². The molecular formula is C16H11BrClN2NaO4. The normalized spacial score (nSPS) is 10.3. The van der Waals surface area contributed by atoms with Crippen LogP contribution in [-0.2, 0) is 13.2 Å². The summed E-state index contributed by atoms with van der Waals surface area (Å²) in [5.74, 6) is -0.241. The summed E-state index contributed by atoms with van der Waals surface area (Å²) in [6.07, 6.45) is 0. The third kappa shape index (κ3) is 5.36. The number of ether oxygens (including phenoxy) is 1. The van der Waals surface area contributed by atoms with Crippen molar-refractivity contribution < 1.29 is 38.8 Å². The minimum Gasteiger partial charge on any atom is -0.489 e. The van der Waals surface area contributed by atoms with Crippen molar-refractivity contribution in [2.45, 2.75) is 13.2 Å². The number of hydrogen-bond acceptors (Lipinski definition) is 4. The maximum Gasteiger partial charge on any atom is 1.00 e. The molecule has 0 aliphatic carbocycles. The largest absolute Gasteiger partial charge is 1.00 e. The molecule has 0 amide bonds. The Kier molecular flexibility index (Phi) is 7.15. The Bertz CT molecular complexity index is 965. The van der Waals surface area contributed by atoms with Crippen LogP contribution < -0.4 is 50.7 Å². The van der Waals surface area contributed by atoms with Gasteiger partial charge in [-0.1, -0.05) is 39.7 Å². The molecule has 6 nitrogen and oxygen atoms in total. The molecule has 0 atom stereocenters. The molecule has 3 aromatic rings. The minimum atomic E-state index is -0.897. The van der Waals surface area contributed by atoms with Gasteiger partial charge in [-0.05, 0) is 35.9 Å². The molecule has 2 aromatic carbocycles. The van der Waals surface area contributed by atoms with Gasteiger partial charge in [0.05, 0.1) is 0 Å². The molecule has 9 heteroatoms. The monoisotopic (exact) mass is 432 g/mol. The van der Waals surface area contributed by atoms with Crippen LogP contribution in [0.25, 0.3) is 0 Å². The number of hydrogen-bond donors (Lipinski definition) is 0. The van der Waals surface area contributed by atoms with Gasteiger partial charge in [-0.3, -0.25) is 9.53 Å². The molecule has 1 aromatic heterocycles. The van der Waals surface area contributed by atoms with Crippen molar-refractivity contribution in [2.75, 3.05) is 0 Å².